The van der Waals surface area contributed by atoms with Crippen LogP contribution in [0.15, 0.2) is 24.3 Å². The molecule has 1 aromatic rings. The summed E-state index contributed by atoms with van der Waals surface area (Å²) in [6.07, 6.45) is 3.93. The van der Waals surface area contributed by atoms with Crippen molar-refractivity contribution in [3.8, 4) is 0 Å². The summed E-state index contributed by atoms with van der Waals surface area (Å²) in [5, 5.41) is 0. The fraction of sp³-hybridized carbons (Fsp3) is 0.647. The molecule has 3 rings (SSSR count). The predicted octanol–water partition coefficient (Wildman–Crippen LogP) is 2.61. The van der Waals surface area contributed by atoms with E-state index in [0.717, 1.165) is 32.2 Å². The number of sulfonamides is 1. The van der Waals surface area contributed by atoms with Crippen LogP contribution in [-0.2, 0) is 16.6 Å². The summed E-state index contributed by atoms with van der Waals surface area (Å²) in [6.45, 7) is 4.34. The summed E-state index contributed by atoms with van der Waals surface area (Å²) >= 11 is 0. The number of likely N-dealkylation sites (tertiary alicyclic amines) is 1. The van der Waals surface area contributed by atoms with Gasteiger partial charge in [0.25, 0.3) is 0 Å². The number of rotatable bonds is 4. The minimum atomic E-state index is -3.16. The molecule has 1 spiro atoms. The van der Waals surface area contributed by atoms with Crippen LogP contribution in [0.2, 0.25) is 0 Å². The molecule has 2 fully saturated rings. The second-order valence-corrected chi connectivity index (χ2v) is 8.94. The summed E-state index contributed by atoms with van der Waals surface area (Å²) in [4.78, 5) is 2.31. The second-order valence-electron chi connectivity index (χ2n) is 6.68. The van der Waals surface area contributed by atoms with Gasteiger partial charge in [0.2, 0.25) is 10.0 Å². The van der Waals surface area contributed by atoms with E-state index in [2.05, 4.69) is 4.90 Å². The van der Waals surface area contributed by atoms with E-state index in [-0.39, 0.29) is 17.1 Å². The van der Waals surface area contributed by atoms with E-state index in [0.29, 0.717) is 25.2 Å². The van der Waals surface area contributed by atoms with E-state index in [4.69, 9.17) is 0 Å². The predicted molar refractivity (Wildman–Crippen MR) is 89.0 cm³/mol. The molecule has 2 saturated heterocycles. The van der Waals surface area contributed by atoms with Gasteiger partial charge in [-0.2, -0.15) is 0 Å². The van der Waals surface area contributed by atoms with Crippen molar-refractivity contribution in [1.29, 1.82) is 0 Å². The summed E-state index contributed by atoms with van der Waals surface area (Å²) in [5.74, 6) is -0.0282. The molecule has 0 bridgehead atoms. The summed E-state index contributed by atoms with van der Waals surface area (Å²) in [6, 6.07) is 6.88. The zero-order valence-electron chi connectivity index (χ0n) is 13.7. The van der Waals surface area contributed by atoms with Crippen LogP contribution in [0.4, 0.5) is 4.39 Å². The van der Waals surface area contributed by atoms with Crippen molar-refractivity contribution in [2.75, 3.05) is 25.4 Å². The standard InChI is InChI=1S/C17H25FN2O2S/c1-2-23(21,22)20-12-6-10-17(14-20)9-5-11-19(17)13-15-7-3-4-8-16(15)18/h3-4,7-8H,2,5-6,9-14H2,1H3/t17-/m0/s1. The van der Waals surface area contributed by atoms with Crippen molar-refractivity contribution in [2.24, 2.45) is 0 Å². The Hall–Kier alpha value is -0.980. The van der Waals surface area contributed by atoms with Gasteiger partial charge in [-0.15, -0.1) is 0 Å². The molecule has 2 aliphatic heterocycles. The Labute approximate surface area is 138 Å². The molecule has 128 valence electrons. The first-order chi connectivity index (χ1) is 11.0. The van der Waals surface area contributed by atoms with Gasteiger partial charge < -0.3 is 0 Å². The molecule has 23 heavy (non-hydrogen) atoms. The van der Waals surface area contributed by atoms with Crippen LogP contribution >= 0.6 is 0 Å². The van der Waals surface area contributed by atoms with Crippen LogP contribution in [0.3, 0.4) is 0 Å². The summed E-state index contributed by atoms with van der Waals surface area (Å²) < 4.78 is 40.2. The van der Waals surface area contributed by atoms with E-state index < -0.39 is 10.0 Å². The van der Waals surface area contributed by atoms with E-state index in [1.807, 2.05) is 12.1 Å². The molecule has 0 aliphatic carbocycles. The van der Waals surface area contributed by atoms with Gasteiger partial charge in [0.15, 0.2) is 0 Å². The fourth-order valence-electron chi connectivity index (χ4n) is 4.03. The molecule has 0 amide bonds. The van der Waals surface area contributed by atoms with E-state index in [9.17, 15) is 12.8 Å². The molecule has 0 unspecified atom stereocenters. The molecule has 2 aliphatic rings. The van der Waals surface area contributed by atoms with Crippen molar-refractivity contribution in [3.63, 3.8) is 0 Å². The van der Waals surface area contributed by atoms with Crippen LogP contribution in [-0.4, -0.2) is 48.5 Å². The van der Waals surface area contributed by atoms with E-state index >= 15 is 0 Å². The Morgan fingerprint density at radius 3 is 2.57 bits per heavy atom. The lowest BCUT2D eigenvalue weighted by Gasteiger charge is -2.45. The Balaban J connectivity index is 1.81. The SMILES string of the molecule is CCS(=O)(=O)N1CCC[C@@]2(CCCN2Cc2ccccc2F)C1. The van der Waals surface area contributed by atoms with Crippen molar-refractivity contribution in [2.45, 2.75) is 44.7 Å². The zero-order valence-corrected chi connectivity index (χ0v) is 14.5. The van der Waals surface area contributed by atoms with Gasteiger partial charge in [0.1, 0.15) is 5.82 Å². The largest absolute Gasteiger partial charge is 0.292 e. The Kier molecular flexibility index (Phi) is 4.76. The molecule has 6 heteroatoms. The second kappa shape index (κ2) is 6.49. The van der Waals surface area contributed by atoms with Crippen molar-refractivity contribution in [1.82, 2.24) is 9.21 Å². The molecular formula is C17H25FN2O2S. The average molecular weight is 340 g/mol. The Morgan fingerprint density at radius 1 is 1.17 bits per heavy atom. The maximum Gasteiger partial charge on any atom is 0.213 e. The molecular weight excluding hydrogens is 315 g/mol. The first-order valence-corrected chi connectivity index (χ1v) is 10.0. The summed E-state index contributed by atoms with van der Waals surface area (Å²) in [5.41, 5.74) is 0.576. The number of hydrogen-bond acceptors (Lipinski definition) is 3. The smallest absolute Gasteiger partial charge is 0.213 e. The zero-order chi connectivity index (χ0) is 16.5. The normalized spacial score (nSPS) is 26.9. The molecule has 1 atom stereocenters. The Morgan fingerprint density at radius 2 is 1.87 bits per heavy atom. The number of hydrogen-bond donors (Lipinski definition) is 0. The number of piperidine rings is 1. The van der Waals surface area contributed by atoms with Crippen molar-refractivity contribution in [3.05, 3.63) is 35.6 Å². The lowest BCUT2D eigenvalue weighted by atomic mass is 9.87. The first-order valence-electron chi connectivity index (χ1n) is 8.43. The van der Waals surface area contributed by atoms with Crippen LogP contribution in [0.1, 0.15) is 38.2 Å². The molecule has 0 saturated carbocycles. The maximum absolute atomic E-state index is 14.0. The molecule has 4 nitrogen and oxygen atoms in total. The highest BCUT2D eigenvalue weighted by Crippen LogP contribution is 2.39. The van der Waals surface area contributed by atoms with Gasteiger partial charge in [-0.1, -0.05) is 18.2 Å². The minimum absolute atomic E-state index is 0.122. The fourth-order valence-corrected chi connectivity index (χ4v) is 5.24. The lowest BCUT2D eigenvalue weighted by molar-refractivity contribution is 0.0671. The van der Waals surface area contributed by atoms with E-state index in [1.54, 1.807) is 17.3 Å². The van der Waals surface area contributed by atoms with Crippen LogP contribution in [0, 0.1) is 5.82 Å². The van der Waals surface area contributed by atoms with Gasteiger partial charge in [0, 0.05) is 30.7 Å². The third kappa shape index (κ3) is 3.30. The highest BCUT2D eigenvalue weighted by molar-refractivity contribution is 7.89. The first kappa shape index (κ1) is 16.9. The third-order valence-corrected chi connectivity index (χ3v) is 7.17. The van der Waals surface area contributed by atoms with Gasteiger partial charge in [-0.25, -0.2) is 17.1 Å². The summed E-state index contributed by atoms with van der Waals surface area (Å²) in [7, 11) is -3.16. The maximum atomic E-state index is 14.0. The molecule has 0 N–H and O–H groups in total. The van der Waals surface area contributed by atoms with Crippen LogP contribution in [0.5, 0.6) is 0 Å². The average Bonchev–Trinajstić information content (AvgIpc) is 2.91. The quantitative estimate of drug-likeness (QED) is 0.846. The number of nitrogens with zero attached hydrogens (tertiary/aromatic N) is 2. The molecule has 0 radical (unpaired) electrons. The topological polar surface area (TPSA) is 40.6 Å². The molecule has 2 heterocycles. The number of benzene rings is 1. The minimum Gasteiger partial charge on any atom is -0.292 e. The monoisotopic (exact) mass is 340 g/mol. The van der Waals surface area contributed by atoms with E-state index in [1.165, 1.54) is 6.07 Å². The van der Waals surface area contributed by atoms with Gasteiger partial charge >= 0.3 is 0 Å². The molecule has 0 aromatic heterocycles. The third-order valence-electron chi connectivity index (χ3n) is 5.34. The van der Waals surface area contributed by atoms with Crippen molar-refractivity contribution < 1.29 is 12.8 Å². The van der Waals surface area contributed by atoms with Gasteiger partial charge in [-0.05, 0) is 45.2 Å². The van der Waals surface area contributed by atoms with Crippen LogP contribution < -0.4 is 0 Å². The highest BCUT2D eigenvalue weighted by Gasteiger charge is 2.45. The van der Waals surface area contributed by atoms with Gasteiger partial charge in [-0.3, -0.25) is 4.90 Å². The van der Waals surface area contributed by atoms with Crippen molar-refractivity contribution >= 4 is 10.0 Å². The van der Waals surface area contributed by atoms with Gasteiger partial charge in [0.05, 0.1) is 5.75 Å². The number of halogens is 1. The molecule has 1 aromatic carbocycles. The van der Waals surface area contributed by atoms with Crippen LogP contribution in [0.25, 0.3) is 0 Å². The lowest BCUT2D eigenvalue weighted by Crippen LogP contribution is -2.56. The highest BCUT2D eigenvalue weighted by atomic mass is 32.2. The Bertz CT molecular complexity index is 664.